The average Bonchev–Trinajstić information content (AvgIpc) is 2.36. The molecule has 0 atom stereocenters. The summed E-state index contributed by atoms with van der Waals surface area (Å²) in [5.41, 5.74) is 1.30. The predicted molar refractivity (Wildman–Crippen MR) is 59.6 cm³/mol. The van der Waals surface area contributed by atoms with Crippen LogP contribution >= 0.6 is 0 Å². The molecule has 2 aromatic rings. The van der Waals surface area contributed by atoms with Gasteiger partial charge in [-0.15, -0.1) is 0 Å². The van der Waals surface area contributed by atoms with E-state index in [0.717, 1.165) is 10.9 Å². The Bertz CT molecular complexity index is 537. The van der Waals surface area contributed by atoms with Crippen LogP contribution in [0.3, 0.4) is 0 Å². The Morgan fingerprint density at radius 3 is 2.69 bits per heavy atom. The number of nitrogens with zero attached hydrogens (tertiary/aromatic N) is 1. The SMILES string of the molecule is COC(=O)c1ccc2nc(OC)ccc2c1. The van der Waals surface area contributed by atoms with Crippen LogP contribution in [0.1, 0.15) is 10.4 Å². The largest absolute Gasteiger partial charge is 0.481 e. The molecule has 0 saturated carbocycles. The van der Waals surface area contributed by atoms with E-state index in [2.05, 4.69) is 9.72 Å². The number of hydrogen-bond donors (Lipinski definition) is 0. The highest BCUT2D eigenvalue weighted by atomic mass is 16.5. The molecule has 0 radical (unpaired) electrons. The summed E-state index contributed by atoms with van der Waals surface area (Å²) >= 11 is 0. The molecule has 4 heteroatoms. The summed E-state index contributed by atoms with van der Waals surface area (Å²) in [6, 6.07) is 8.80. The third-order valence-corrected chi connectivity index (χ3v) is 2.29. The number of carbonyl (C=O) groups excluding carboxylic acids is 1. The van der Waals surface area contributed by atoms with E-state index in [1.807, 2.05) is 6.07 Å². The van der Waals surface area contributed by atoms with Gasteiger partial charge in [0, 0.05) is 11.5 Å². The van der Waals surface area contributed by atoms with Crippen molar-refractivity contribution in [2.24, 2.45) is 0 Å². The molecule has 0 unspecified atom stereocenters. The maximum Gasteiger partial charge on any atom is 0.337 e. The van der Waals surface area contributed by atoms with Crippen LogP contribution in [0, 0.1) is 0 Å². The second-order valence-corrected chi connectivity index (χ2v) is 3.25. The second kappa shape index (κ2) is 4.18. The van der Waals surface area contributed by atoms with Gasteiger partial charge in [-0.05, 0) is 24.3 Å². The molecule has 1 heterocycles. The minimum atomic E-state index is -0.349. The van der Waals surface area contributed by atoms with E-state index in [-0.39, 0.29) is 5.97 Å². The molecule has 0 aliphatic carbocycles. The highest BCUT2D eigenvalue weighted by Gasteiger charge is 2.06. The van der Waals surface area contributed by atoms with Crippen LogP contribution in [-0.4, -0.2) is 25.2 Å². The summed E-state index contributed by atoms with van der Waals surface area (Å²) < 4.78 is 9.66. The van der Waals surface area contributed by atoms with Crippen LogP contribution in [0.25, 0.3) is 10.9 Å². The average molecular weight is 217 g/mol. The van der Waals surface area contributed by atoms with Gasteiger partial charge in [0.15, 0.2) is 0 Å². The molecule has 16 heavy (non-hydrogen) atoms. The van der Waals surface area contributed by atoms with Crippen LogP contribution in [0.15, 0.2) is 30.3 Å². The number of hydrogen-bond acceptors (Lipinski definition) is 4. The highest BCUT2D eigenvalue weighted by molar-refractivity contribution is 5.94. The Labute approximate surface area is 92.8 Å². The van der Waals surface area contributed by atoms with Crippen molar-refractivity contribution < 1.29 is 14.3 Å². The Kier molecular flexibility index (Phi) is 2.72. The number of methoxy groups -OCH3 is 2. The maximum absolute atomic E-state index is 11.3. The standard InChI is InChI=1S/C12H11NO3/c1-15-11-6-4-8-7-9(12(14)16-2)3-5-10(8)13-11/h3-7H,1-2H3. The Hall–Kier alpha value is -2.10. The molecule has 0 N–H and O–H groups in total. The van der Waals surface area contributed by atoms with Gasteiger partial charge in [0.25, 0.3) is 0 Å². The van der Waals surface area contributed by atoms with Gasteiger partial charge in [-0.25, -0.2) is 9.78 Å². The van der Waals surface area contributed by atoms with Crippen LogP contribution < -0.4 is 4.74 Å². The molecular formula is C12H11NO3. The van der Waals surface area contributed by atoms with Crippen LogP contribution in [0.4, 0.5) is 0 Å². The van der Waals surface area contributed by atoms with Crippen molar-refractivity contribution in [2.75, 3.05) is 14.2 Å². The Morgan fingerprint density at radius 2 is 2.00 bits per heavy atom. The summed E-state index contributed by atoms with van der Waals surface area (Å²) in [6.45, 7) is 0. The lowest BCUT2D eigenvalue weighted by Crippen LogP contribution is -2.00. The molecule has 0 amide bonds. The van der Waals surface area contributed by atoms with E-state index >= 15 is 0 Å². The third-order valence-electron chi connectivity index (χ3n) is 2.29. The van der Waals surface area contributed by atoms with Gasteiger partial charge in [-0.3, -0.25) is 0 Å². The molecule has 0 spiro atoms. The van der Waals surface area contributed by atoms with Gasteiger partial charge in [0.2, 0.25) is 5.88 Å². The molecule has 0 saturated heterocycles. The first-order chi connectivity index (χ1) is 7.74. The molecule has 0 aliphatic heterocycles. The fourth-order valence-electron chi connectivity index (χ4n) is 1.47. The van der Waals surface area contributed by atoms with Crippen molar-refractivity contribution >= 4 is 16.9 Å². The number of carbonyl (C=O) groups is 1. The second-order valence-electron chi connectivity index (χ2n) is 3.25. The van der Waals surface area contributed by atoms with E-state index in [4.69, 9.17) is 4.74 Å². The number of pyridine rings is 1. The lowest BCUT2D eigenvalue weighted by Gasteiger charge is -2.03. The van der Waals surface area contributed by atoms with Crippen molar-refractivity contribution in [3.05, 3.63) is 35.9 Å². The van der Waals surface area contributed by atoms with Gasteiger partial charge >= 0.3 is 5.97 Å². The first kappa shape index (κ1) is 10.4. The first-order valence-electron chi connectivity index (χ1n) is 4.77. The summed E-state index contributed by atoms with van der Waals surface area (Å²) in [5.74, 6) is 0.205. The molecular weight excluding hydrogens is 206 g/mol. The predicted octanol–water partition coefficient (Wildman–Crippen LogP) is 2.03. The summed E-state index contributed by atoms with van der Waals surface area (Å²) in [6.07, 6.45) is 0. The van der Waals surface area contributed by atoms with Gasteiger partial charge < -0.3 is 9.47 Å². The van der Waals surface area contributed by atoms with E-state index in [0.29, 0.717) is 11.4 Å². The van der Waals surface area contributed by atoms with E-state index in [1.54, 1.807) is 31.4 Å². The van der Waals surface area contributed by atoms with Gasteiger partial charge in [0.1, 0.15) is 0 Å². The zero-order chi connectivity index (χ0) is 11.5. The van der Waals surface area contributed by atoms with E-state index in [9.17, 15) is 4.79 Å². The number of benzene rings is 1. The monoisotopic (exact) mass is 217 g/mol. The number of esters is 1. The highest BCUT2D eigenvalue weighted by Crippen LogP contribution is 2.18. The summed E-state index contributed by atoms with van der Waals surface area (Å²) in [7, 11) is 2.93. The fraction of sp³-hybridized carbons (Fsp3) is 0.167. The summed E-state index contributed by atoms with van der Waals surface area (Å²) in [4.78, 5) is 15.6. The van der Waals surface area contributed by atoms with Crippen LogP contribution in [0.2, 0.25) is 0 Å². The smallest absolute Gasteiger partial charge is 0.337 e. The van der Waals surface area contributed by atoms with Crippen molar-refractivity contribution in [3.8, 4) is 5.88 Å². The number of fused-ring (bicyclic) bond motifs is 1. The lowest BCUT2D eigenvalue weighted by molar-refractivity contribution is 0.0601. The molecule has 0 aliphatic rings. The molecule has 0 fully saturated rings. The third kappa shape index (κ3) is 1.82. The molecule has 2 rings (SSSR count). The van der Waals surface area contributed by atoms with Crippen LogP contribution in [0.5, 0.6) is 5.88 Å². The molecule has 82 valence electrons. The zero-order valence-corrected chi connectivity index (χ0v) is 9.06. The quantitative estimate of drug-likeness (QED) is 0.722. The van der Waals surface area contributed by atoms with Crippen molar-refractivity contribution in [2.45, 2.75) is 0 Å². The topological polar surface area (TPSA) is 48.4 Å². The van der Waals surface area contributed by atoms with Gasteiger partial charge in [-0.2, -0.15) is 0 Å². The lowest BCUT2D eigenvalue weighted by atomic mass is 10.1. The van der Waals surface area contributed by atoms with Gasteiger partial charge in [0.05, 0.1) is 25.3 Å². The summed E-state index contributed by atoms with van der Waals surface area (Å²) in [5, 5.41) is 0.878. The van der Waals surface area contributed by atoms with E-state index < -0.39 is 0 Å². The Balaban J connectivity index is 2.51. The number of aromatic nitrogens is 1. The fourth-order valence-corrected chi connectivity index (χ4v) is 1.47. The molecule has 1 aromatic carbocycles. The molecule has 1 aromatic heterocycles. The maximum atomic E-state index is 11.3. The first-order valence-corrected chi connectivity index (χ1v) is 4.77. The van der Waals surface area contributed by atoms with Crippen molar-refractivity contribution in [1.29, 1.82) is 0 Å². The zero-order valence-electron chi connectivity index (χ0n) is 9.06. The Morgan fingerprint density at radius 1 is 1.19 bits per heavy atom. The minimum Gasteiger partial charge on any atom is -0.481 e. The van der Waals surface area contributed by atoms with Crippen LogP contribution in [-0.2, 0) is 4.74 Å². The number of ether oxygens (including phenoxy) is 2. The number of rotatable bonds is 2. The van der Waals surface area contributed by atoms with E-state index in [1.165, 1.54) is 7.11 Å². The molecule has 0 bridgehead atoms. The van der Waals surface area contributed by atoms with Gasteiger partial charge in [-0.1, -0.05) is 0 Å². The minimum absolute atomic E-state index is 0.349. The molecule has 4 nitrogen and oxygen atoms in total. The van der Waals surface area contributed by atoms with Crippen molar-refractivity contribution in [3.63, 3.8) is 0 Å². The normalized spacial score (nSPS) is 10.1. The van der Waals surface area contributed by atoms with Crippen molar-refractivity contribution in [1.82, 2.24) is 4.98 Å².